The van der Waals surface area contributed by atoms with E-state index < -0.39 is 41.4 Å². The lowest BCUT2D eigenvalue weighted by Gasteiger charge is -2.38. The van der Waals surface area contributed by atoms with Gasteiger partial charge in [0.05, 0.1) is 5.56 Å². The second-order valence-corrected chi connectivity index (χ2v) is 10.5. The average Bonchev–Trinajstić information content (AvgIpc) is 2.87. The highest BCUT2D eigenvalue weighted by molar-refractivity contribution is 5.36. The molecule has 0 aliphatic heterocycles. The first-order valence-corrected chi connectivity index (χ1v) is 13.3. The van der Waals surface area contributed by atoms with Crippen LogP contribution in [0.4, 0.5) is 26.3 Å². The molecule has 2 aromatic carbocycles. The Morgan fingerprint density at radius 1 is 0.838 bits per heavy atom. The summed E-state index contributed by atoms with van der Waals surface area (Å²) in [5.74, 6) is -2.53. The Balaban J connectivity index is 1.33. The predicted octanol–water partition coefficient (Wildman–Crippen LogP) is 9.57. The van der Waals surface area contributed by atoms with Gasteiger partial charge in [-0.2, -0.15) is 17.6 Å². The molecule has 0 spiro atoms. The molecule has 0 atom stereocenters. The van der Waals surface area contributed by atoms with Gasteiger partial charge < -0.3 is 9.47 Å². The Hall–Kier alpha value is -2.38. The molecular formula is C29H34F6O2. The summed E-state index contributed by atoms with van der Waals surface area (Å²) in [6.45, 7) is -1.21. The summed E-state index contributed by atoms with van der Waals surface area (Å²) in [7, 11) is 0. The lowest BCUT2D eigenvalue weighted by molar-refractivity contribution is -0.185. The van der Waals surface area contributed by atoms with Crippen LogP contribution < -0.4 is 9.47 Å². The van der Waals surface area contributed by atoms with E-state index >= 15 is 0 Å². The molecule has 0 unspecified atom stereocenters. The number of ether oxygens (including phenoxy) is 2. The maximum Gasteiger partial charge on any atom is 0.426 e. The number of halogens is 6. The molecule has 0 saturated heterocycles. The largest absolute Gasteiger partial charge is 0.429 e. The van der Waals surface area contributed by atoms with Crippen molar-refractivity contribution >= 4 is 0 Å². The molecule has 2 saturated carbocycles. The zero-order chi connectivity index (χ0) is 26.6. The molecule has 37 heavy (non-hydrogen) atoms. The lowest BCUT2D eigenvalue weighted by atomic mass is 9.68. The van der Waals surface area contributed by atoms with Crippen LogP contribution in [0.2, 0.25) is 0 Å². The number of hydrogen-bond donors (Lipinski definition) is 0. The van der Waals surface area contributed by atoms with Gasteiger partial charge in [-0.25, -0.2) is 8.78 Å². The summed E-state index contributed by atoms with van der Waals surface area (Å²) in [5, 5.41) is 0. The number of rotatable bonds is 9. The van der Waals surface area contributed by atoms with Gasteiger partial charge >= 0.3 is 12.7 Å². The van der Waals surface area contributed by atoms with E-state index in [1.807, 2.05) is 0 Å². The van der Waals surface area contributed by atoms with E-state index in [9.17, 15) is 26.3 Å². The fourth-order valence-electron chi connectivity index (χ4n) is 6.23. The van der Waals surface area contributed by atoms with E-state index in [0.29, 0.717) is 18.1 Å². The molecule has 2 aromatic rings. The molecule has 0 aromatic heterocycles. The zero-order valence-electron chi connectivity index (χ0n) is 21.0. The highest BCUT2D eigenvalue weighted by atomic mass is 19.3. The van der Waals surface area contributed by atoms with Gasteiger partial charge in [0.25, 0.3) is 0 Å². The van der Waals surface area contributed by atoms with Crippen LogP contribution in [0.25, 0.3) is 0 Å². The van der Waals surface area contributed by atoms with E-state index in [-0.39, 0.29) is 0 Å². The Kier molecular flexibility index (Phi) is 8.96. The molecule has 0 amide bonds. The predicted molar refractivity (Wildman–Crippen MR) is 129 cm³/mol. The van der Waals surface area contributed by atoms with Crippen molar-refractivity contribution in [3.05, 3.63) is 59.2 Å². The summed E-state index contributed by atoms with van der Waals surface area (Å²) < 4.78 is 90.0. The minimum absolute atomic E-state index is 0.321. The summed E-state index contributed by atoms with van der Waals surface area (Å²) >= 11 is 0. The van der Waals surface area contributed by atoms with Gasteiger partial charge in [0.15, 0.2) is 17.4 Å². The first kappa shape index (κ1) is 27.6. The lowest BCUT2D eigenvalue weighted by Crippen LogP contribution is -2.25. The van der Waals surface area contributed by atoms with E-state index in [1.54, 1.807) is 12.1 Å². The first-order chi connectivity index (χ1) is 17.7. The van der Waals surface area contributed by atoms with Crippen LogP contribution in [0.1, 0.15) is 88.2 Å². The molecule has 0 bridgehead atoms. The van der Waals surface area contributed by atoms with Crippen LogP contribution in [0.5, 0.6) is 11.5 Å². The zero-order valence-corrected chi connectivity index (χ0v) is 21.0. The molecule has 0 N–H and O–H groups in total. The minimum Gasteiger partial charge on any atom is -0.429 e. The summed E-state index contributed by atoms with van der Waals surface area (Å²) in [6.07, 6.45) is 8.50. The van der Waals surface area contributed by atoms with Gasteiger partial charge in [0.1, 0.15) is 5.75 Å². The molecule has 0 heterocycles. The first-order valence-electron chi connectivity index (χ1n) is 13.3. The number of benzene rings is 2. The highest BCUT2D eigenvalue weighted by Gasteiger charge is 2.36. The van der Waals surface area contributed by atoms with Gasteiger partial charge in [-0.1, -0.05) is 44.7 Å². The minimum atomic E-state index is -3.88. The second kappa shape index (κ2) is 12.0. The monoisotopic (exact) mass is 528 g/mol. The Morgan fingerprint density at radius 3 is 1.89 bits per heavy atom. The molecule has 2 aliphatic carbocycles. The van der Waals surface area contributed by atoms with Crippen molar-refractivity contribution in [2.24, 2.45) is 17.8 Å². The summed E-state index contributed by atoms with van der Waals surface area (Å²) in [5.41, 5.74) is 0.526. The normalized spacial score (nSPS) is 24.8. The fourth-order valence-corrected chi connectivity index (χ4v) is 6.23. The highest BCUT2D eigenvalue weighted by Crippen LogP contribution is 2.45. The van der Waals surface area contributed by atoms with E-state index in [0.717, 1.165) is 49.0 Å². The summed E-state index contributed by atoms with van der Waals surface area (Å²) in [6, 6.07) is 6.62. The second-order valence-electron chi connectivity index (χ2n) is 10.5. The van der Waals surface area contributed by atoms with Crippen LogP contribution in [0.3, 0.4) is 0 Å². The van der Waals surface area contributed by atoms with Crippen molar-refractivity contribution in [2.75, 3.05) is 0 Å². The maximum absolute atomic E-state index is 14.7. The van der Waals surface area contributed by atoms with Crippen molar-refractivity contribution in [3.63, 3.8) is 0 Å². The van der Waals surface area contributed by atoms with Crippen molar-refractivity contribution in [3.8, 4) is 11.5 Å². The third-order valence-electron chi connectivity index (χ3n) is 8.17. The quantitative estimate of drug-likeness (QED) is 0.302. The fraction of sp³-hybridized carbons (Fsp3) is 0.586. The SMILES string of the molecule is CCCC1CCC(C2CCC(c3ccc(C(F)(F)Oc4cc(F)c(OC(F)F)c(F)c4)cc3)CC2)CC1. The van der Waals surface area contributed by atoms with Crippen LogP contribution in [-0.4, -0.2) is 6.61 Å². The molecule has 2 aliphatic rings. The van der Waals surface area contributed by atoms with Gasteiger partial charge in [0, 0.05) is 12.1 Å². The van der Waals surface area contributed by atoms with Gasteiger partial charge in [-0.3, -0.25) is 0 Å². The number of hydrogen-bond acceptors (Lipinski definition) is 2. The molecule has 0 radical (unpaired) electrons. The van der Waals surface area contributed by atoms with E-state index in [1.165, 1.54) is 50.7 Å². The van der Waals surface area contributed by atoms with Gasteiger partial charge in [-0.15, -0.1) is 0 Å². The van der Waals surface area contributed by atoms with Gasteiger partial charge in [0.2, 0.25) is 0 Å². The summed E-state index contributed by atoms with van der Waals surface area (Å²) in [4.78, 5) is 0. The third kappa shape index (κ3) is 6.94. The number of alkyl halides is 4. The van der Waals surface area contributed by atoms with Crippen LogP contribution >= 0.6 is 0 Å². The topological polar surface area (TPSA) is 18.5 Å². The average molecular weight is 529 g/mol. The van der Waals surface area contributed by atoms with Crippen molar-refractivity contribution in [1.29, 1.82) is 0 Å². The molecule has 4 rings (SSSR count). The molecule has 2 nitrogen and oxygen atoms in total. The molecular weight excluding hydrogens is 494 g/mol. The van der Waals surface area contributed by atoms with E-state index in [4.69, 9.17) is 0 Å². The Morgan fingerprint density at radius 2 is 1.38 bits per heavy atom. The Labute approximate surface area is 214 Å². The van der Waals surface area contributed by atoms with Crippen molar-refractivity contribution in [1.82, 2.24) is 0 Å². The Bertz CT molecular complexity index is 987. The third-order valence-corrected chi connectivity index (χ3v) is 8.17. The van der Waals surface area contributed by atoms with Crippen LogP contribution in [0, 0.1) is 29.4 Å². The maximum atomic E-state index is 14.7. The van der Waals surface area contributed by atoms with Crippen LogP contribution in [0.15, 0.2) is 36.4 Å². The van der Waals surface area contributed by atoms with Gasteiger partial charge in [-0.05, 0) is 79.9 Å². The van der Waals surface area contributed by atoms with Crippen LogP contribution in [-0.2, 0) is 6.11 Å². The smallest absolute Gasteiger partial charge is 0.426 e. The van der Waals surface area contributed by atoms with Crippen molar-refractivity contribution < 1.29 is 35.8 Å². The molecule has 2 fully saturated rings. The molecule has 8 heteroatoms. The van der Waals surface area contributed by atoms with E-state index in [2.05, 4.69) is 16.4 Å². The molecule has 204 valence electrons. The standard InChI is InChI=1S/C29H34F6O2/c1-2-3-18-4-6-19(7-5-18)20-8-10-21(11-9-20)22-12-14-23(15-13-22)29(34,35)37-24-16-25(30)27(26(31)17-24)36-28(32)33/h12-21,28H,2-11H2,1H3. The van der Waals surface area contributed by atoms with Crippen molar-refractivity contribution in [2.45, 2.75) is 89.8 Å².